The monoisotopic (exact) mass is 1700 g/mol. The summed E-state index contributed by atoms with van der Waals surface area (Å²) in [7, 11) is 0. The van der Waals surface area contributed by atoms with E-state index >= 15 is 0 Å². The fourth-order valence-corrected chi connectivity index (χ4v) is 22.5. The second-order valence-corrected chi connectivity index (χ2v) is 35.2. The van der Waals surface area contributed by atoms with Gasteiger partial charge in [0, 0.05) is 47.0 Å². The molecule has 0 unspecified atom stereocenters. The van der Waals surface area contributed by atoms with Crippen molar-refractivity contribution in [1.82, 2.24) is 29.9 Å². The van der Waals surface area contributed by atoms with E-state index < -0.39 is 10.8 Å². The van der Waals surface area contributed by atoms with Crippen molar-refractivity contribution in [2.75, 3.05) is 0 Å². The largest absolute Gasteiger partial charge is 0.264 e. The highest BCUT2D eigenvalue weighted by atomic mass is 14.8. The third-order valence-corrected chi connectivity index (χ3v) is 28.2. The maximum Gasteiger partial charge on any atom is 0.0973 e. The number of pyridine rings is 2. The molecule has 0 N–H and O–H groups in total. The third kappa shape index (κ3) is 12.3. The Bertz CT molecular complexity index is 8200. The standard InChI is InChI=1S/C64H39N3.C64H41N3/c1-2-15-41(16-3-1)62-63(67-59-27-13-12-26-58(59)66-62)42-30-28-40(29-31-42)60-50-20-4-6-22-52(50)61(53-23-7-5-21-51(53)60)44-33-35-49-48-34-32-43(45-17-14-36-65-39-45)37-56(48)64(57(49)38-44)54-24-10-8-18-46(54)47-19-9-11-25-55(47)64;1-4-17-43(18-5-1)62-63(67-59-29-15-14-28-58(59)66-62)44-32-30-42(31-33-44)60-52-24-10-12-26-54(52)61(55-27-13-11-25-53(55)60)46-35-37-51-50-36-34-45(47-19-16-38-65-41-47)39-56(50)64(57(51)40-46,48-20-6-2-7-21-48)49-22-8-3-9-23-49/h1-39H;1-41H. The second kappa shape index (κ2) is 31.7. The normalized spacial score (nSPS) is 12.7. The maximum atomic E-state index is 5.21. The van der Waals surface area contributed by atoms with Crippen LogP contribution in [0.25, 0.3) is 210 Å². The molecule has 6 nitrogen and oxygen atoms in total. The summed E-state index contributed by atoms with van der Waals surface area (Å²) in [6.45, 7) is 0. The van der Waals surface area contributed by atoms with Crippen molar-refractivity contribution < 1.29 is 0 Å². The molecule has 0 radical (unpaired) electrons. The molecule has 0 amide bonds. The molecule has 3 aliphatic carbocycles. The molecule has 4 heterocycles. The predicted octanol–water partition coefficient (Wildman–Crippen LogP) is 32.0. The average Bonchev–Trinajstić information content (AvgIpc) is 1.50. The number of benzene rings is 20. The number of hydrogen-bond donors (Lipinski definition) is 0. The van der Waals surface area contributed by atoms with E-state index in [0.29, 0.717) is 0 Å². The first-order valence-corrected chi connectivity index (χ1v) is 45.9. The first-order chi connectivity index (χ1) is 66.5. The average molecular weight is 1700 g/mol. The molecule has 4 aromatic heterocycles. The van der Waals surface area contributed by atoms with Crippen LogP contribution in [0.4, 0.5) is 0 Å². The van der Waals surface area contributed by atoms with E-state index in [9.17, 15) is 0 Å². The molecular formula is C128H80N6. The number of fused-ring (bicyclic) bond motifs is 19. The number of hydrogen-bond acceptors (Lipinski definition) is 6. The molecule has 0 saturated heterocycles. The van der Waals surface area contributed by atoms with Crippen LogP contribution in [-0.2, 0) is 10.8 Å². The lowest BCUT2D eigenvalue weighted by molar-refractivity contribution is 0.769. The van der Waals surface area contributed by atoms with Crippen LogP contribution in [0, 0.1) is 0 Å². The SMILES string of the molecule is c1ccc(-c2nc3ccccc3nc2-c2ccc(-c3c4ccccc4c(-c4ccc5c(c4)C(c4ccccc4)(c4ccccc4)c4cc(-c6cccnc6)ccc4-5)c4ccccc34)cc2)cc1.c1ccc(-c2nc3ccccc3nc2-c2ccc(-c3c4ccccc4c(-c4ccc5c(c4)C4(c6ccccc6-c6ccccc64)c4cc(-c6cccnc6)ccc4-5)c4ccccc34)cc2)cc1. The van der Waals surface area contributed by atoms with Crippen LogP contribution in [0.3, 0.4) is 0 Å². The minimum atomic E-state index is -0.579. The van der Waals surface area contributed by atoms with Crippen molar-refractivity contribution in [2.45, 2.75) is 10.8 Å². The van der Waals surface area contributed by atoms with Gasteiger partial charge in [0.15, 0.2) is 0 Å². The number of nitrogens with zero attached hydrogens (tertiary/aromatic N) is 6. The number of aromatic nitrogens is 6. The fourth-order valence-electron chi connectivity index (χ4n) is 22.5. The first kappa shape index (κ1) is 77.5. The molecule has 27 rings (SSSR count). The topological polar surface area (TPSA) is 77.3 Å². The van der Waals surface area contributed by atoms with Gasteiger partial charge in [0.1, 0.15) is 0 Å². The van der Waals surface area contributed by atoms with Crippen molar-refractivity contribution in [1.29, 1.82) is 0 Å². The third-order valence-electron chi connectivity index (χ3n) is 28.2. The van der Waals surface area contributed by atoms with Crippen LogP contribution < -0.4 is 0 Å². The summed E-state index contributed by atoms with van der Waals surface area (Å²) in [6, 6.07) is 168. The number of rotatable bonds is 12. The van der Waals surface area contributed by atoms with Gasteiger partial charge in [-0.05, 0) is 248 Å². The van der Waals surface area contributed by atoms with Crippen molar-refractivity contribution >= 4 is 65.2 Å². The molecule has 622 valence electrons. The lowest BCUT2D eigenvalue weighted by Crippen LogP contribution is -2.28. The van der Waals surface area contributed by atoms with Gasteiger partial charge in [-0.1, -0.05) is 400 Å². The van der Waals surface area contributed by atoms with Crippen molar-refractivity contribution in [3.8, 4) is 145 Å². The van der Waals surface area contributed by atoms with E-state index in [1.165, 1.54) is 160 Å². The van der Waals surface area contributed by atoms with Crippen LogP contribution in [0.2, 0.25) is 0 Å². The lowest BCUT2D eigenvalue weighted by Gasteiger charge is -2.34. The Kier molecular flexibility index (Phi) is 18.3. The Morgan fingerprint density at radius 3 is 0.701 bits per heavy atom. The molecule has 6 heteroatoms. The Balaban J connectivity index is 0.000000140. The molecule has 0 saturated carbocycles. The zero-order valence-corrected chi connectivity index (χ0v) is 72.9. The molecular weight excluding hydrogens is 1620 g/mol. The van der Waals surface area contributed by atoms with Crippen molar-refractivity contribution in [3.63, 3.8) is 0 Å². The van der Waals surface area contributed by atoms with Gasteiger partial charge in [-0.15, -0.1) is 0 Å². The van der Waals surface area contributed by atoms with E-state index in [2.05, 4.69) is 398 Å². The second-order valence-electron chi connectivity index (χ2n) is 35.2. The van der Waals surface area contributed by atoms with E-state index in [-0.39, 0.29) is 0 Å². The zero-order chi connectivity index (χ0) is 88.4. The summed E-state index contributed by atoms with van der Waals surface area (Å²) in [6.07, 6.45) is 7.62. The molecule has 24 aromatic rings. The lowest BCUT2D eigenvalue weighted by atomic mass is 9.67. The van der Waals surface area contributed by atoms with Crippen LogP contribution in [0.1, 0.15) is 44.5 Å². The minimum absolute atomic E-state index is 0.505. The summed E-state index contributed by atoms with van der Waals surface area (Å²) in [5, 5.41) is 9.73. The zero-order valence-electron chi connectivity index (χ0n) is 72.9. The van der Waals surface area contributed by atoms with E-state index in [0.717, 1.165) is 94.9 Å². The van der Waals surface area contributed by atoms with E-state index in [1.54, 1.807) is 0 Å². The smallest absolute Gasteiger partial charge is 0.0973 e. The van der Waals surface area contributed by atoms with Gasteiger partial charge in [-0.3, -0.25) is 9.97 Å². The fraction of sp³-hybridized carbons (Fsp3) is 0.0156. The molecule has 0 bridgehead atoms. The summed E-state index contributed by atoms with van der Waals surface area (Å²) >= 11 is 0. The van der Waals surface area contributed by atoms with Crippen LogP contribution in [0.5, 0.6) is 0 Å². The van der Waals surface area contributed by atoms with Gasteiger partial charge < -0.3 is 0 Å². The van der Waals surface area contributed by atoms with E-state index in [4.69, 9.17) is 19.9 Å². The van der Waals surface area contributed by atoms with Crippen LogP contribution in [-0.4, -0.2) is 29.9 Å². The predicted molar refractivity (Wildman–Crippen MR) is 553 cm³/mol. The maximum absolute atomic E-state index is 5.21. The molecule has 0 aliphatic heterocycles. The Labute approximate surface area is 776 Å². The van der Waals surface area contributed by atoms with Crippen molar-refractivity contribution in [3.05, 3.63) is 530 Å². The molecule has 0 fully saturated rings. The van der Waals surface area contributed by atoms with Gasteiger partial charge in [0.25, 0.3) is 0 Å². The number of para-hydroxylation sites is 4. The molecule has 20 aromatic carbocycles. The van der Waals surface area contributed by atoms with Crippen molar-refractivity contribution in [2.24, 2.45) is 0 Å². The summed E-state index contributed by atoms with van der Waals surface area (Å²) in [5.41, 5.74) is 42.2. The quantitative estimate of drug-likeness (QED) is 0.113. The Morgan fingerprint density at radius 1 is 0.149 bits per heavy atom. The summed E-state index contributed by atoms with van der Waals surface area (Å²) in [4.78, 5) is 29.7. The first-order valence-electron chi connectivity index (χ1n) is 45.9. The van der Waals surface area contributed by atoms with Crippen LogP contribution >= 0.6 is 0 Å². The summed E-state index contributed by atoms with van der Waals surface area (Å²) in [5.74, 6) is 0. The van der Waals surface area contributed by atoms with Gasteiger partial charge in [-0.2, -0.15) is 0 Å². The highest BCUT2D eigenvalue weighted by Gasteiger charge is 2.52. The van der Waals surface area contributed by atoms with Gasteiger partial charge >= 0.3 is 0 Å². The van der Waals surface area contributed by atoms with Gasteiger partial charge in [0.2, 0.25) is 0 Å². The highest BCUT2D eigenvalue weighted by Crippen LogP contribution is 2.65. The van der Waals surface area contributed by atoms with Gasteiger partial charge in [0.05, 0.1) is 55.7 Å². The molecule has 1 spiro atoms. The molecule has 3 aliphatic rings. The van der Waals surface area contributed by atoms with Crippen LogP contribution in [0.15, 0.2) is 486 Å². The van der Waals surface area contributed by atoms with Gasteiger partial charge in [-0.25, -0.2) is 19.9 Å². The Morgan fingerprint density at radius 2 is 0.381 bits per heavy atom. The molecule has 134 heavy (non-hydrogen) atoms. The minimum Gasteiger partial charge on any atom is -0.264 e. The Hall–Kier alpha value is -17.6. The highest BCUT2D eigenvalue weighted by molar-refractivity contribution is 6.23. The summed E-state index contributed by atoms with van der Waals surface area (Å²) < 4.78 is 0. The van der Waals surface area contributed by atoms with E-state index in [1.807, 2.05) is 97.6 Å². The molecule has 0 atom stereocenters.